The highest BCUT2D eigenvalue weighted by molar-refractivity contribution is 5.95. The molecule has 1 aliphatic heterocycles. The molecule has 6 nitrogen and oxygen atoms in total. The number of methoxy groups -OCH3 is 1. The van der Waals surface area contributed by atoms with Gasteiger partial charge in [0, 0.05) is 18.9 Å². The molecular weight excluding hydrogens is 260 g/mol. The first-order valence-electron chi connectivity index (χ1n) is 5.15. The van der Waals surface area contributed by atoms with Gasteiger partial charge in [-0.15, -0.1) is 12.4 Å². The van der Waals surface area contributed by atoms with Gasteiger partial charge in [-0.05, 0) is 12.1 Å². The fraction of sp³-hybridized carbons (Fsp3) is 0.364. The van der Waals surface area contributed by atoms with Gasteiger partial charge in [0.1, 0.15) is 6.04 Å². The highest BCUT2D eigenvalue weighted by Crippen LogP contribution is 2.34. The molecule has 100 valence electrons. The molecule has 1 aliphatic rings. The highest BCUT2D eigenvalue weighted by atomic mass is 35.5. The van der Waals surface area contributed by atoms with E-state index in [1.807, 2.05) is 0 Å². The van der Waals surface area contributed by atoms with Gasteiger partial charge in [0.15, 0.2) is 11.5 Å². The van der Waals surface area contributed by atoms with Crippen LogP contribution >= 0.6 is 12.4 Å². The summed E-state index contributed by atoms with van der Waals surface area (Å²) >= 11 is 0. The molecule has 1 unspecified atom stereocenters. The molecule has 1 atom stereocenters. The number of carbonyl (C=O) groups excluding carboxylic acids is 1. The zero-order valence-electron chi connectivity index (χ0n) is 9.84. The van der Waals surface area contributed by atoms with Crippen molar-refractivity contribution in [2.24, 2.45) is 5.73 Å². The number of nitrogens with one attached hydrogen (secondary N) is 1. The maximum atomic E-state index is 11.6. The molecule has 7 heteroatoms. The van der Waals surface area contributed by atoms with Crippen molar-refractivity contribution in [2.75, 3.05) is 25.8 Å². The number of fused-ring (bicyclic) bond motifs is 1. The topological polar surface area (TPSA) is 82.8 Å². The largest absolute Gasteiger partial charge is 0.454 e. The van der Waals surface area contributed by atoms with Gasteiger partial charge in [-0.1, -0.05) is 0 Å². The second-order valence-electron chi connectivity index (χ2n) is 3.62. The number of carbonyl (C=O) groups is 1. The molecular formula is C11H15ClN2O4. The first kappa shape index (κ1) is 14.6. The highest BCUT2D eigenvalue weighted by Gasteiger charge is 2.16. The fourth-order valence-corrected chi connectivity index (χ4v) is 1.46. The van der Waals surface area contributed by atoms with E-state index >= 15 is 0 Å². The third-order valence-electron chi connectivity index (χ3n) is 2.32. The lowest BCUT2D eigenvalue weighted by atomic mass is 10.2. The van der Waals surface area contributed by atoms with Gasteiger partial charge >= 0.3 is 0 Å². The average molecular weight is 275 g/mol. The Bertz CT molecular complexity index is 428. The van der Waals surface area contributed by atoms with E-state index in [4.69, 9.17) is 19.9 Å². The third kappa shape index (κ3) is 3.25. The minimum absolute atomic E-state index is 0. The number of nitrogens with two attached hydrogens (primary N) is 1. The summed E-state index contributed by atoms with van der Waals surface area (Å²) in [5.41, 5.74) is 6.21. The maximum absolute atomic E-state index is 11.6. The van der Waals surface area contributed by atoms with Crippen molar-refractivity contribution >= 4 is 24.0 Å². The average Bonchev–Trinajstić information content (AvgIpc) is 2.76. The number of amides is 1. The van der Waals surface area contributed by atoms with E-state index < -0.39 is 6.04 Å². The Balaban J connectivity index is 0.00000162. The minimum atomic E-state index is -0.689. The molecule has 0 spiro atoms. The standard InChI is InChI=1S/C11H14N2O4.ClH/c1-15-5-8(12)11(14)13-7-2-3-9-10(4-7)17-6-16-9;/h2-4,8H,5-6,12H2,1H3,(H,13,14);1H. The van der Waals surface area contributed by atoms with E-state index in [-0.39, 0.29) is 31.7 Å². The zero-order chi connectivity index (χ0) is 12.3. The lowest BCUT2D eigenvalue weighted by Crippen LogP contribution is -2.39. The van der Waals surface area contributed by atoms with Crippen molar-refractivity contribution in [3.05, 3.63) is 18.2 Å². The molecule has 0 bridgehead atoms. The van der Waals surface area contributed by atoms with Crippen LogP contribution in [0.3, 0.4) is 0 Å². The van der Waals surface area contributed by atoms with Crippen molar-refractivity contribution in [2.45, 2.75) is 6.04 Å². The van der Waals surface area contributed by atoms with Gasteiger partial charge in [0.2, 0.25) is 12.7 Å². The minimum Gasteiger partial charge on any atom is -0.454 e. The smallest absolute Gasteiger partial charge is 0.243 e. The zero-order valence-corrected chi connectivity index (χ0v) is 10.7. The van der Waals surface area contributed by atoms with Crippen molar-refractivity contribution in [1.29, 1.82) is 0 Å². The Morgan fingerprint density at radius 1 is 1.50 bits per heavy atom. The molecule has 1 aromatic carbocycles. The van der Waals surface area contributed by atoms with Crippen molar-refractivity contribution in [3.63, 3.8) is 0 Å². The summed E-state index contributed by atoms with van der Waals surface area (Å²) in [5.74, 6) is 0.984. The second-order valence-corrected chi connectivity index (χ2v) is 3.62. The number of hydrogen-bond donors (Lipinski definition) is 2. The fourth-order valence-electron chi connectivity index (χ4n) is 1.46. The van der Waals surface area contributed by atoms with Crippen LogP contribution < -0.4 is 20.5 Å². The molecule has 1 amide bonds. The van der Waals surface area contributed by atoms with Crippen LogP contribution in [0, 0.1) is 0 Å². The summed E-state index contributed by atoms with van der Waals surface area (Å²) in [5, 5.41) is 2.68. The molecule has 0 saturated carbocycles. The second kappa shape index (κ2) is 6.44. The summed E-state index contributed by atoms with van der Waals surface area (Å²) in [7, 11) is 1.49. The Morgan fingerprint density at radius 3 is 2.94 bits per heavy atom. The number of hydrogen-bond acceptors (Lipinski definition) is 5. The van der Waals surface area contributed by atoms with Gasteiger partial charge in [-0.3, -0.25) is 4.79 Å². The van der Waals surface area contributed by atoms with Gasteiger partial charge in [-0.25, -0.2) is 0 Å². The Morgan fingerprint density at radius 2 is 2.22 bits per heavy atom. The van der Waals surface area contributed by atoms with E-state index in [2.05, 4.69) is 5.32 Å². The molecule has 3 N–H and O–H groups in total. The predicted molar refractivity (Wildman–Crippen MR) is 68.3 cm³/mol. The SMILES string of the molecule is COCC(N)C(=O)Nc1ccc2c(c1)OCO2.Cl. The van der Waals surface area contributed by atoms with Crippen LogP contribution in [0.15, 0.2) is 18.2 Å². The quantitative estimate of drug-likeness (QED) is 0.847. The van der Waals surface area contributed by atoms with Crippen LogP contribution in [0.5, 0.6) is 11.5 Å². The van der Waals surface area contributed by atoms with Crippen LogP contribution in [0.4, 0.5) is 5.69 Å². The number of rotatable bonds is 4. The first-order chi connectivity index (χ1) is 8.20. The van der Waals surface area contributed by atoms with Crippen molar-refractivity contribution in [3.8, 4) is 11.5 Å². The molecule has 1 aromatic rings. The predicted octanol–water partition coefficient (Wildman–Crippen LogP) is 0.749. The van der Waals surface area contributed by atoms with Crippen molar-refractivity contribution in [1.82, 2.24) is 0 Å². The summed E-state index contributed by atoms with van der Waals surface area (Å²) in [6, 6.07) is 4.47. The Hall–Kier alpha value is -1.50. The van der Waals surface area contributed by atoms with Crippen molar-refractivity contribution < 1.29 is 19.0 Å². The lowest BCUT2D eigenvalue weighted by molar-refractivity contribution is -0.118. The van der Waals surface area contributed by atoms with Crippen LogP contribution in [-0.4, -0.2) is 32.5 Å². The molecule has 0 aliphatic carbocycles. The van der Waals surface area contributed by atoms with Crippen LogP contribution in [0.2, 0.25) is 0 Å². The number of halogens is 1. The number of benzene rings is 1. The molecule has 18 heavy (non-hydrogen) atoms. The number of ether oxygens (including phenoxy) is 3. The van der Waals surface area contributed by atoms with Gasteiger partial charge < -0.3 is 25.3 Å². The first-order valence-corrected chi connectivity index (χ1v) is 5.15. The van der Waals surface area contributed by atoms with E-state index in [1.54, 1.807) is 18.2 Å². The maximum Gasteiger partial charge on any atom is 0.243 e. The molecule has 0 fully saturated rings. The van der Waals surface area contributed by atoms with Crippen LogP contribution in [0.25, 0.3) is 0 Å². The molecule has 1 heterocycles. The molecule has 2 rings (SSSR count). The van der Waals surface area contributed by atoms with E-state index in [9.17, 15) is 4.79 Å². The van der Waals surface area contributed by atoms with E-state index in [0.29, 0.717) is 17.2 Å². The Kier molecular flexibility index (Phi) is 5.21. The van der Waals surface area contributed by atoms with Crippen LogP contribution in [0.1, 0.15) is 0 Å². The molecule has 0 radical (unpaired) electrons. The number of anilines is 1. The lowest BCUT2D eigenvalue weighted by Gasteiger charge is -2.11. The van der Waals surface area contributed by atoms with Gasteiger partial charge in [0.25, 0.3) is 0 Å². The molecule has 0 aromatic heterocycles. The Labute approximate surface area is 111 Å². The summed E-state index contributed by atoms with van der Waals surface area (Å²) in [6.07, 6.45) is 0. The van der Waals surface area contributed by atoms with Gasteiger partial charge in [-0.2, -0.15) is 0 Å². The monoisotopic (exact) mass is 274 g/mol. The third-order valence-corrected chi connectivity index (χ3v) is 2.32. The van der Waals surface area contributed by atoms with E-state index in [1.165, 1.54) is 7.11 Å². The summed E-state index contributed by atoms with van der Waals surface area (Å²) in [4.78, 5) is 11.6. The van der Waals surface area contributed by atoms with Crippen LogP contribution in [-0.2, 0) is 9.53 Å². The van der Waals surface area contributed by atoms with Gasteiger partial charge in [0.05, 0.1) is 6.61 Å². The summed E-state index contributed by atoms with van der Waals surface area (Å²) in [6.45, 7) is 0.381. The summed E-state index contributed by atoms with van der Waals surface area (Å²) < 4.78 is 15.2. The molecule has 0 saturated heterocycles. The normalized spacial score (nSPS) is 13.7. The van der Waals surface area contributed by atoms with E-state index in [0.717, 1.165) is 0 Å².